The van der Waals surface area contributed by atoms with Gasteiger partial charge in [-0.3, -0.25) is 0 Å². The van der Waals surface area contributed by atoms with E-state index in [1.54, 1.807) is 6.26 Å². The molecule has 1 fully saturated rings. The second-order valence-corrected chi connectivity index (χ2v) is 5.52. The molecule has 18 heavy (non-hydrogen) atoms. The van der Waals surface area contributed by atoms with Gasteiger partial charge >= 0.3 is 0 Å². The van der Waals surface area contributed by atoms with Crippen LogP contribution >= 0.6 is 11.8 Å². The minimum Gasteiger partial charge on any atom is -0.461 e. The number of hydrogen-bond acceptors (Lipinski definition) is 6. The smallest absolute Gasteiger partial charge is 0.238 e. The highest BCUT2D eigenvalue weighted by Gasteiger charge is 2.19. The van der Waals surface area contributed by atoms with Crippen LogP contribution in [0.2, 0.25) is 0 Å². The lowest BCUT2D eigenvalue weighted by molar-refractivity contribution is 0.362. The molecular formula is C12H15N3O2S. The molecule has 6 heteroatoms. The standard InChI is InChI=1S/C12H15N3O2S/c1-8-2-4-16-11(8)12-14-10(17-15-12)6-9-7-18-5-3-13-9/h2,4,9,13H,3,5-7H2,1H3. The summed E-state index contributed by atoms with van der Waals surface area (Å²) in [5.41, 5.74) is 1.02. The molecule has 1 N–H and O–H groups in total. The molecule has 0 saturated carbocycles. The Kier molecular flexibility index (Phi) is 3.38. The predicted molar refractivity (Wildman–Crippen MR) is 69.6 cm³/mol. The third-order valence-corrected chi connectivity index (χ3v) is 4.08. The molecule has 3 heterocycles. The highest BCUT2D eigenvalue weighted by atomic mass is 32.2. The van der Waals surface area contributed by atoms with Crippen molar-refractivity contribution in [3.8, 4) is 11.6 Å². The fourth-order valence-electron chi connectivity index (χ4n) is 1.99. The number of rotatable bonds is 3. The summed E-state index contributed by atoms with van der Waals surface area (Å²) in [6, 6.07) is 2.32. The van der Waals surface area contributed by atoms with Crippen LogP contribution in [0.25, 0.3) is 11.6 Å². The predicted octanol–water partition coefficient (Wildman–Crippen LogP) is 1.89. The Hall–Kier alpha value is -1.27. The highest BCUT2D eigenvalue weighted by Crippen LogP contribution is 2.21. The average Bonchev–Trinajstić information content (AvgIpc) is 2.99. The number of nitrogens with zero attached hydrogens (tertiary/aromatic N) is 2. The fourth-order valence-corrected chi connectivity index (χ4v) is 2.94. The molecule has 5 nitrogen and oxygen atoms in total. The van der Waals surface area contributed by atoms with E-state index in [9.17, 15) is 0 Å². The van der Waals surface area contributed by atoms with Gasteiger partial charge < -0.3 is 14.3 Å². The van der Waals surface area contributed by atoms with Crippen molar-refractivity contribution in [1.29, 1.82) is 0 Å². The summed E-state index contributed by atoms with van der Waals surface area (Å²) in [7, 11) is 0. The zero-order valence-corrected chi connectivity index (χ0v) is 11.0. The lowest BCUT2D eigenvalue weighted by atomic mass is 10.2. The van der Waals surface area contributed by atoms with Gasteiger partial charge in [0.25, 0.3) is 0 Å². The van der Waals surface area contributed by atoms with Crippen LogP contribution in [0.5, 0.6) is 0 Å². The maximum absolute atomic E-state index is 5.35. The van der Waals surface area contributed by atoms with E-state index in [-0.39, 0.29) is 0 Å². The van der Waals surface area contributed by atoms with Crippen molar-refractivity contribution in [3.63, 3.8) is 0 Å². The van der Waals surface area contributed by atoms with Gasteiger partial charge in [0, 0.05) is 30.5 Å². The maximum Gasteiger partial charge on any atom is 0.238 e. The summed E-state index contributed by atoms with van der Waals surface area (Å²) in [5.74, 6) is 4.17. The fraction of sp³-hybridized carbons (Fsp3) is 0.500. The summed E-state index contributed by atoms with van der Waals surface area (Å²) < 4.78 is 10.6. The minimum atomic E-state index is 0.426. The van der Waals surface area contributed by atoms with Crippen LogP contribution in [0.3, 0.4) is 0 Å². The van der Waals surface area contributed by atoms with E-state index in [1.165, 1.54) is 5.75 Å². The van der Waals surface area contributed by atoms with Gasteiger partial charge in [0.05, 0.1) is 6.26 Å². The Morgan fingerprint density at radius 3 is 3.22 bits per heavy atom. The number of aromatic nitrogens is 2. The van der Waals surface area contributed by atoms with Gasteiger partial charge in [-0.15, -0.1) is 0 Å². The van der Waals surface area contributed by atoms with Crippen molar-refractivity contribution in [3.05, 3.63) is 23.8 Å². The molecule has 0 spiro atoms. The molecule has 2 aromatic rings. The van der Waals surface area contributed by atoms with Gasteiger partial charge in [0.2, 0.25) is 11.7 Å². The van der Waals surface area contributed by atoms with E-state index in [0.29, 0.717) is 23.5 Å². The molecule has 96 valence electrons. The quantitative estimate of drug-likeness (QED) is 0.914. The normalized spacial score (nSPS) is 20.2. The van der Waals surface area contributed by atoms with Gasteiger partial charge in [-0.2, -0.15) is 16.7 Å². The lowest BCUT2D eigenvalue weighted by Gasteiger charge is -2.21. The Bertz CT molecular complexity index is 517. The highest BCUT2D eigenvalue weighted by molar-refractivity contribution is 7.99. The number of thioether (sulfide) groups is 1. The topological polar surface area (TPSA) is 64.1 Å². The van der Waals surface area contributed by atoms with E-state index in [4.69, 9.17) is 8.94 Å². The first-order valence-corrected chi connectivity index (χ1v) is 7.16. The van der Waals surface area contributed by atoms with Crippen LogP contribution in [0.4, 0.5) is 0 Å². The second-order valence-electron chi connectivity index (χ2n) is 4.37. The summed E-state index contributed by atoms with van der Waals surface area (Å²) >= 11 is 1.96. The third kappa shape index (κ3) is 2.44. The third-order valence-electron chi connectivity index (χ3n) is 2.95. The van der Waals surface area contributed by atoms with Crippen molar-refractivity contribution >= 4 is 11.8 Å². The SMILES string of the molecule is Cc1ccoc1-c1noc(CC2CSCCN2)n1. The molecule has 2 aromatic heterocycles. The second kappa shape index (κ2) is 5.16. The van der Waals surface area contributed by atoms with Gasteiger partial charge in [0.1, 0.15) is 0 Å². The van der Waals surface area contributed by atoms with Crippen molar-refractivity contribution in [1.82, 2.24) is 15.5 Å². The minimum absolute atomic E-state index is 0.426. The average molecular weight is 265 g/mol. The van der Waals surface area contributed by atoms with Crippen LogP contribution in [0, 0.1) is 6.92 Å². The van der Waals surface area contributed by atoms with Crippen LogP contribution < -0.4 is 5.32 Å². The zero-order valence-electron chi connectivity index (χ0n) is 10.2. The van der Waals surface area contributed by atoms with Crippen LogP contribution in [-0.4, -0.2) is 34.2 Å². The summed E-state index contributed by atoms with van der Waals surface area (Å²) in [5, 5.41) is 7.42. The molecule has 1 saturated heterocycles. The molecule has 1 unspecified atom stereocenters. The van der Waals surface area contributed by atoms with Crippen LogP contribution in [0.1, 0.15) is 11.5 Å². The Morgan fingerprint density at radius 2 is 2.50 bits per heavy atom. The molecule has 1 atom stereocenters. The van der Waals surface area contributed by atoms with Gasteiger partial charge in [-0.25, -0.2) is 0 Å². The molecule has 1 aliphatic heterocycles. The van der Waals surface area contributed by atoms with Crippen molar-refractivity contribution < 1.29 is 8.94 Å². The summed E-state index contributed by atoms with van der Waals surface area (Å²) in [6.45, 7) is 3.02. The molecule has 1 aliphatic rings. The maximum atomic E-state index is 5.35. The van der Waals surface area contributed by atoms with Gasteiger partial charge in [0.15, 0.2) is 5.76 Å². The van der Waals surface area contributed by atoms with E-state index >= 15 is 0 Å². The number of hydrogen-bond donors (Lipinski definition) is 1. The van der Waals surface area contributed by atoms with E-state index in [2.05, 4.69) is 15.5 Å². The molecule has 3 rings (SSSR count). The van der Waals surface area contributed by atoms with E-state index in [1.807, 2.05) is 24.8 Å². The summed E-state index contributed by atoms with van der Waals surface area (Å²) in [4.78, 5) is 4.39. The number of furan rings is 1. The van der Waals surface area contributed by atoms with Crippen molar-refractivity contribution in [2.75, 3.05) is 18.1 Å². The number of nitrogens with one attached hydrogen (secondary N) is 1. The Labute approximate surface area is 109 Å². The van der Waals surface area contributed by atoms with Crippen LogP contribution in [0.15, 0.2) is 21.3 Å². The molecule has 0 bridgehead atoms. The van der Waals surface area contributed by atoms with Gasteiger partial charge in [-0.1, -0.05) is 5.16 Å². The van der Waals surface area contributed by atoms with Crippen molar-refractivity contribution in [2.24, 2.45) is 0 Å². The van der Waals surface area contributed by atoms with Crippen molar-refractivity contribution in [2.45, 2.75) is 19.4 Å². The monoisotopic (exact) mass is 265 g/mol. The Morgan fingerprint density at radius 1 is 1.56 bits per heavy atom. The zero-order chi connectivity index (χ0) is 12.4. The molecular weight excluding hydrogens is 250 g/mol. The first-order valence-electron chi connectivity index (χ1n) is 6.01. The largest absolute Gasteiger partial charge is 0.461 e. The first kappa shape index (κ1) is 11.8. The molecule has 0 aromatic carbocycles. The Balaban J connectivity index is 1.71. The lowest BCUT2D eigenvalue weighted by Crippen LogP contribution is -2.38. The van der Waals surface area contributed by atoms with E-state index < -0.39 is 0 Å². The van der Waals surface area contributed by atoms with Gasteiger partial charge in [-0.05, 0) is 18.6 Å². The number of aryl methyl sites for hydroxylation is 1. The molecule has 0 radical (unpaired) electrons. The van der Waals surface area contributed by atoms with Crippen LogP contribution in [-0.2, 0) is 6.42 Å². The van der Waals surface area contributed by atoms with E-state index in [0.717, 1.165) is 24.3 Å². The molecule has 0 amide bonds. The molecule has 0 aliphatic carbocycles. The first-order chi connectivity index (χ1) is 8.83. The summed E-state index contributed by atoms with van der Waals surface area (Å²) in [6.07, 6.45) is 2.42.